The summed E-state index contributed by atoms with van der Waals surface area (Å²) in [5, 5.41) is 18.8. The van der Waals surface area contributed by atoms with Crippen LogP contribution in [-0.2, 0) is 14.5 Å². The first-order chi connectivity index (χ1) is 11.3. The molecule has 0 radical (unpaired) electrons. The van der Waals surface area contributed by atoms with Crippen molar-refractivity contribution in [2.24, 2.45) is 0 Å². The van der Waals surface area contributed by atoms with Gasteiger partial charge in [0, 0.05) is 16.9 Å². The fourth-order valence-electron chi connectivity index (χ4n) is 2.33. The van der Waals surface area contributed by atoms with Crippen molar-refractivity contribution in [1.29, 1.82) is 5.26 Å². The van der Waals surface area contributed by atoms with Crippen LogP contribution in [0.4, 0.5) is 0 Å². The number of nitriles is 1. The van der Waals surface area contributed by atoms with E-state index in [9.17, 15) is 13.7 Å². The van der Waals surface area contributed by atoms with Gasteiger partial charge in [0.05, 0.1) is 17.3 Å². The van der Waals surface area contributed by atoms with E-state index in [0.717, 1.165) is 12.8 Å². The molecule has 3 heterocycles. The molecule has 0 spiro atoms. The van der Waals surface area contributed by atoms with E-state index in [4.69, 9.17) is 22.3 Å². The zero-order valence-electron chi connectivity index (χ0n) is 11.8. The highest BCUT2D eigenvalue weighted by Crippen LogP contribution is 2.49. The summed E-state index contributed by atoms with van der Waals surface area (Å²) in [4.78, 5) is 4.05. The lowest BCUT2D eigenvalue weighted by molar-refractivity contribution is 0.609. The second-order valence-corrected chi connectivity index (χ2v) is 9.36. The Balaban J connectivity index is 1.89. The molecule has 1 aliphatic rings. The molecule has 0 N–H and O–H groups in total. The van der Waals surface area contributed by atoms with Crippen LogP contribution in [0, 0.1) is 11.3 Å². The molecule has 4 rings (SSSR count). The topological polar surface area (TPSA) is 101 Å². The van der Waals surface area contributed by atoms with Gasteiger partial charge in [0.15, 0.2) is 10.7 Å². The molecule has 3 aromatic heterocycles. The number of aromatic nitrogens is 4. The third kappa shape index (κ3) is 2.38. The molecule has 1 fully saturated rings. The van der Waals surface area contributed by atoms with Gasteiger partial charge in [-0.15, -0.1) is 10.2 Å². The van der Waals surface area contributed by atoms with Gasteiger partial charge >= 0.3 is 0 Å². The molecule has 0 amide bonds. The van der Waals surface area contributed by atoms with Crippen molar-refractivity contribution in [3.63, 3.8) is 0 Å². The van der Waals surface area contributed by atoms with Crippen LogP contribution < -0.4 is 0 Å². The Hall–Kier alpha value is -1.73. The van der Waals surface area contributed by atoms with Gasteiger partial charge in [0.25, 0.3) is 9.05 Å². The molecule has 1 aliphatic carbocycles. The lowest BCUT2D eigenvalue weighted by Gasteiger charge is -2.03. The number of imidazole rings is 1. The minimum Gasteiger partial charge on any atom is -0.295 e. The molecular weight excluding hydrogens is 393 g/mol. The summed E-state index contributed by atoms with van der Waals surface area (Å²) in [5.41, 5.74) is 0.388. The van der Waals surface area contributed by atoms with Crippen LogP contribution in [-0.4, -0.2) is 28.0 Å². The van der Waals surface area contributed by atoms with E-state index in [1.807, 2.05) is 0 Å². The Morgan fingerprint density at radius 2 is 2.12 bits per heavy atom. The monoisotopic (exact) mass is 399 g/mol. The maximum absolute atomic E-state index is 11.6. The minimum atomic E-state index is -3.94. The van der Waals surface area contributed by atoms with Crippen LogP contribution in [0.3, 0.4) is 0 Å². The lowest BCUT2D eigenvalue weighted by Crippen LogP contribution is -2.00. The van der Waals surface area contributed by atoms with Gasteiger partial charge in [-0.1, -0.05) is 22.9 Å². The van der Waals surface area contributed by atoms with E-state index in [1.54, 1.807) is 0 Å². The average Bonchev–Trinajstić information content (AvgIpc) is 2.96. The number of halogens is 2. The standard InChI is InChI=1S/C13H7Cl2N5O2S2/c14-8-3-7(24(15,21)22)5-20-9(4-17-10(8)20)11-18-19-12(23-11)13(6-16)1-2-13/h3-5H,1-2H2. The molecule has 0 unspecified atom stereocenters. The second-order valence-electron chi connectivity index (χ2n) is 5.40. The SMILES string of the molecule is N#CC1(c2nnc(-c3cnc4c(Cl)cc(S(=O)(=O)Cl)cn34)s2)CC1. The van der Waals surface area contributed by atoms with Crippen LogP contribution in [0.1, 0.15) is 17.8 Å². The van der Waals surface area contributed by atoms with Crippen LogP contribution in [0.5, 0.6) is 0 Å². The number of nitrogens with zero attached hydrogens (tertiary/aromatic N) is 5. The van der Waals surface area contributed by atoms with Gasteiger partial charge in [-0.05, 0) is 18.9 Å². The van der Waals surface area contributed by atoms with Crippen molar-refractivity contribution in [2.45, 2.75) is 23.2 Å². The van der Waals surface area contributed by atoms with Crippen LogP contribution in [0.2, 0.25) is 5.02 Å². The summed E-state index contributed by atoms with van der Waals surface area (Å²) in [7, 11) is 1.46. The molecule has 1 saturated carbocycles. The van der Waals surface area contributed by atoms with Crippen molar-refractivity contribution in [1.82, 2.24) is 19.6 Å². The van der Waals surface area contributed by atoms with Gasteiger partial charge in [0.1, 0.15) is 21.0 Å². The zero-order valence-corrected chi connectivity index (χ0v) is 14.9. The third-order valence-electron chi connectivity index (χ3n) is 3.83. The summed E-state index contributed by atoms with van der Waals surface area (Å²) in [6.07, 6.45) is 4.41. The smallest absolute Gasteiger partial charge is 0.262 e. The van der Waals surface area contributed by atoms with Crippen molar-refractivity contribution in [2.75, 3.05) is 0 Å². The normalized spacial score (nSPS) is 16.2. The van der Waals surface area contributed by atoms with Crippen molar-refractivity contribution in [3.8, 4) is 16.8 Å². The predicted octanol–water partition coefficient (Wildman–Crippen LogP) is 2.99. The number of fused-ring (bicyclic) bond motifs is 1. The van der Waals surface area contributed by atoms with E-state index >= 15 is 0 Å². The van der Waals surface area contributed by atoms with Gasteiger partial charge in [-0.2, -0.15) is 5.26 Å². The summed E-state index contributed by atoms with van der Waals surface area (Å²) < 4.78 is 24.7. The largest absolute Gasteiger partial charge is 0.295 e. The van der Waals surface area contributed by atoms with E-state index in [1.165, 1.54) is 34.2 Å². The summed E-state index contributed by atoms with van der Waals surface area (Å²) in [5.74, 6) is 0. The summed E-state index contributed by atoms with van der Waals surface area (Å²) >= 11 is 7.38. The molecule has 11 heteroatoms. The van der Waals surface area contributed by atoms with Gasteiger partial charge in [0.2, 0.25) is 0 Å². The molecule has 0 saturated heterocycles. The van der Waals surface area contributed by atoms with Crippen LogP contribution in [0.25, 0.3) is 16.3 Å². The molecule has 122 valence electrons. The first-order valence-electron chi connectivity index (χ1n) is 6.71. The van der Waals surface area contributed by atoms with Gasteiger partial charge in [-0.25, -0.2) is 13.4 Å². The number of rotatable bonds is 3. The maximum atomic E-state index is 11.6. The highest BCUT2D eigenvalue weighted by atomic mass is 35.7. The van der Waals surface area contributed by atoms with E-state index < -0.39 is 14.5 Å². The Morgan fingerprint density at radius 3 is 2.75 bits per heavy atom. The van der Waals surface area contributed by atoms with Crippen molar-refractivity contribution >= 4 is 48.3 Å². The highest BCUT2D eigenvalue weighted by molar-refractivity contribution is 8.13. The highest BCUT2D eigenvalue weighted by Gasteiger charge is 2.48. The zero-order chi connectivity index (χ0) is 17.1. The predicted molar refractivity (Wildman–Crippen MR) is 88.7 cm³/mol. The Labute approximate surface area is 149 Å². The Kier molecular flexibility index (Phi) is 3.37. The quantitative estimate of drug-likeness (QED) is 0.627. The fraction of sp³-hybridized carbons (Fsp3) is 0.231. The molecule has 3 aromatic rings. The molecule has 0 aromatic carbocycles. The van der Waals surface area contributed by atoms with E-state index in [2.05, 4.69) is 21.3 Å². The summed E-state index contributed by atoms with van der Waals surface area (Å²) in [6.45, 7) is 0. The number of hydrogen-bond acceptors (Lipinski definition) is 7. The van der Waals surface area contributed by atoms with Crippen molar-refractivity contribution in [3.05, 3.63) is 28.5 Å². The van der Waals surface area contributed by atoms with Crippen LogP contribution in [0.15, 0.2) is 23.4 Å². The Bertz CT molecular complexity index is 1130. The van der Waals surface area contributed by atoms with Crippen molar-refractivity contribution < 1.29 is 8.42 Å². The number of pyridine rings is 1. The molecule has 0 bridgehead atoms. The molecular formula is C13H7Cl2N5O2S2. The lowest BCUT2D eigenvalue weighted by atomic mass is 10.1. The molecule has 24 heavy (non-hydrogen) atoms. The average molecular weight is 400 g/mol. The first kappa shape index (κ1) is 15.8. The van der Waals surface area contributed by atoms with Gasteiger partial charge in [-0.3, -0.25) is 4.40 Å². The third-order valence-corrected chi connectivity index (χ3v) is 6.58. The number of hydrogen-bond donors (Lipinski definition) is 0. The molecule has 0 aliphatic heterocycles. The van der Waals surface area contributed by atoms with Gasteiger partial charge < -0.3 is 0 Å². The molecule has 7 nitrogen and oxygen atoms in total. The Morgan fingerprint density at radius 1 is 1.38 bits per heavy atom. The fourth-order valence-corrected chi connectivity index (χ4v) is 4.44. The minimum absolute atomic E-state index is 0.138. The maximum Gasteiger partial charge on any atom is 0.262 e. The van der Waals surface area contributed by atoms with E-state index in [-0.39, 0.29) is 9.92 Å². The van der Waals surface area contributed by atoms with E-state index in [0.29, 0.717) is 21.4 Å². The first-order valence-corrected chi connectivity index (χ1v) is 10.2. The van der Waals surface area contributed by atoms with Crippen LogP contribution >= 0.6 is 33.6 Å². The second kappa shape index (κ2) is 5.13. The summed E-state index contributed by atoms with van der Waals surface area (Å²) in [6, 6.07) is 3.52. The molecule has 0 atom stereocenters.